The second kappa shape index (κ2) is 5.43. The summed E-state index contributed by atoms with van der Waals surface area (Å²) in [5.41, 5.74) is -0.491. The number of para-hydroxylation sites is 1. The molecule has 2 rings (SSSR count). The Morgan fingerprint density at radius 3 is 2.24 bits per heavy atom. The first kappa shape index (κ1) is 14.8. The molecule has 108 valence electrons. The van der Waals surface area contributed by atoms with Crippen molar-refractivity contribution in [3.05, 3.63) is 58.1 Å². The van der Waals surface area contributed by atoms with E-state index in [9.17, 15) is 23.3 Å². The van der Waals surface area contributed by atoms with Gasteiger partial charge in [0.1, 0.15) is 0 Å². The molecule has 0 unspecified atom stereocenters. The molecule has 0 spiro atoms. The minimum Gasteiger partial charge on any atom is -0.298 e. The summed E-state index contributed by atoms with van der Waals surface area (Å²) in [4.78, 5) is 21.2. The number of rotatable bonds is 4. The zero-order chi connectivity index (χ0) is 15.6. The maximum atomic E-state index is 11.6. The molecule has 0 heterocycles. The Morgan fingerprint density at radius 2 is 1.67 bits per heavy atom. The summed E-state index contributed by atoms with van der Waals surface area (Å²) in [6.07, 6.45) is 0.348. The first-order valence-corrected chi connectivity index (χ1v) is 7.25. The van der Waals surface area contributed by atoms with Crippen LogP contribution in [0.3, 0.4) is 0 Å². The van der Waals surface area contributed by atoms with Crippen molar-refractivity contribution in [2.45, 2.75) is 4.90 Å². The van der Waals surface area contributed by atoms with Crippen molar-refractivity contribution in [1.82, 2.24) is 0 Å². The first-order chi connectivity index (χ1) is 9.86. The predicted octanol–water partition coefficient (Wildman–Crippen LogP) is 1.72. The van der Waals surface area contributed by atoms with Crippen molar-refractivity contribution in [2.75, 3.05) is 0 Å². The van der Waals surface area contributed by atoms with Crippen molar-refractivity contribution in [1.29, 1.82) is 0 Å². The number of nitro groups is 1. The van der Waals surface area contributed by atoms with Gasteiger partial charge in [-0.1, -0.05) is 24.3 Å². The SMILES string of the molecule is NS(=O)(=O)c1ccccc1-c1cccc(C=O)c1[N+](=O)[O-]. The molecule has 0 bridgehead atoms. The zero-order valence-corrected chi connectivity index (χ0v) is 11.4. The number of benzene rings is 2. The van der Waals surface area contributed by atoms with Crippen LogP contribution in [0.25, 0.3) is 11.1 Å². The number of nitro benzene ring substituents is 1. The van der Waals surface area contributed by atoms with Crippen molar-refractivity contribution >= 4 is 22.0 Å². The smallest absolute Gasteiger partial charge is 0.287 e. The molecule has 0 amide bonds. The highest BCUT2D eigenvalue weighted by atomic mass is 32.2. The summed E-state index contributed by atoms with van der Waals surface area (Å²) in [5, 5.41) is 16.3. The first-order valence-electron chi connectivity index (χ1n) is 5.71. The molecule has 2 N–H and O–H groups in total. The van der Waals surface area contributed by atoms with Gasteiger partial charge in [0, 0.05) is 5.56 Å². The van der Waals surface area contributed by atoms with E-state index in [-0.39, 0.29) is 21.6 Å². The summed E-state index contributed by atoms with van der Waals surface area (Å²) in [6.45, 7) is 0. The van der Waals surface area contributed by atoms with Gasteiger partial charge in [-0.05, 0) is 18.2 Å². The molecule has 8 heteroatoms. The lowest BCUT2D eigenvalue weighted by atomic mass is 10.0. The highest BCUT2D eigenvalue weighted by Crippen LogP contribution is 2.35. The summed E-state index contributed by atoms with van der Waals surface area (Å²) in [6, 6.07) is 9.73. The van der Waals surface area contributed by atoms with E-state index in [1.807, 2.05) is 0 Å². The van der Waals surface area contributed by atoms with Gasteiger partial charge >= 0.3 is 0 Å². The summed E-state index contributed by atoms with van der Waals surface area (Å²) in [7, 11) is -4.05. The van der Waals surface area contributed by atoms with Crippen LogP contribution in [0.5, 0.6) is 0 Å². The Balaban J connectivity index is 2.87. The van der Waals surface area contributed by atoms with Gasteiger partial charge in [-0.15, -0.1) is 0 Å². The molecule has 2 aromatic carbocycles. The van der Waals surface area contributed by atoms with Crippen molar-refractivity contribution in [3.8, 4) is 11.1 Å². The molecule has 0 atom stereocenters. The Labute approximate surface area is 120 Å². The van der Waals surface area contributed by atoms with Gasteiger partial charge in [-0.2, -0.15) is 0 Å². The highest BCUT2D eigenvalue weighted by molar-refractivity contribution is 7.89. The molecule has 0 saturated heterocycles. The predicted molar refractivity (Wildman–Crippen MR) is 75.3 cm³/mol. The van der Waals surface area contributed by atoms with Crippen LogP contribution in [-0.2, 0) is 10.0 Å². The normalized spacial score (nSPS) is 11.1. The second-order valence-corrected chi connectivity index (χ2v) is 5.69. The van der Waals surface area contributed by atoms with E-state index in [0.717, 1.165) is 0 Å². The Hall–Kier alpha value is -2.58. The van der Waals surface area contributed by atoms with Gasteiger partial charge in [-0.25, -0.2) is 13.6 Å². The highest BCUT2D eigenvalue weighted by Gasteiger charge is 2.24. The molecule has 0 aliphatic heterocycles. The van der Waals surface area contributed by atoms with Gasteiger partial charge in [0.2, 0.25) is 10.0 Å². The van der Waals surface area contributed by atoms with E-state index in [1.165, 1.54) is 42.5 Å². The zero-order valence-electron chi connectivity index (χ0n) is 10.6. The number of nitrogens with two attached hydrogens (primary N) is 1. The second-order valence-electron chi connectivity index (χ2n) is 4.16. The molecular weight excluding hydrogens is 296 g/mol. The number of primary sulfonamides is 1. The standard InChI is InChI=1S/C13H10N2O5S/c14-21(19,20)12-7-2-1-5-10(12)11-6-3-4-9(8-16)13(11)15(17)18/h1-8H,(H2,14,19,20). The fraction of sp³-hybridized carbons (Fsp3) is 0. The van der Waals surface area contributed by atoms with E-state index in [0.29, 0.717) is 6.29 Å². The van der Waals surface area contributed by atoms with E-state index in [1.54, 1.807) is 0 Å². The summed E-state index contributed by atoms with van der Waals surface area (Å²) in [5.74, 6) is 0. The Kier molecular flexibility index (Phi) is 3.83. The van der Waals surface area contributed by atoms with E-state index in [2.05, 4.69) is 0 Å². The van der Waals surface area contributed by atoms with E-state index in [4.69, 9.17) is 5.14 Å². The fourth-order valence-corrected chi connectivity index (χ4v) is 2.77. The average molecular weight is 306 g/mol. The van der Waals surface area contributed by atoms with E-state index >= 15 is 0 Å². The van der Waals surface area contributed by atoms with Gasteiger partial charge in [-0.3, -0.25) is 14.9 Å². The lowest BCUT2D eigenvalue weighted by molar-refractivity contribution is -0.384. The summed E-state index contributed by atoms with van der Waals surface area (Å²) >= 11 is 0. The number of hydrogen-bond donors (Lipinski definition) is 1. The Bertz CT molecular complexity index is 830. The number of nitrogens with zero attached hydrogens (tertiary/aromatic N) is 1. The number of sulfonamides is 1. The molecule has 0 saturated carbocycles. The molecule has 0 aliphatic carbocycles. The lowest BCUT2D eigenvalue weighted by Crippen LogP contribution is -2.13. The minimum atomic E-state index is -4.05. The van der Waals surface area contributed by atoms with Crippen molar-refractivity contribution in [3.63, 3.8) is 0 Å². The minimum absolute atomic E-state index is 0.0224. The van der Waals surface area contributed by atoms with Crippen LogP contribution < -0.4 is 5.14 Å². The number of carbonyl (C=O) groups is 1. The molecule has 7 nitrogen and oxygen atoms in total. The van der Waals surface area contributed by atoms with Crippen LogP contribution in [0.1, 0.15) is 10.4 Å². The van der Waals surface area contributed by atoms with Gasteiger partial charge in [0.25, 0.3) is 5.69 Å². The topological polar surface area (TPSA) is 120 Å². The van der Waals surface area contributed by atoms with E-state index < -0.39 is 20.6 Å². The number of hydrogen-bond acceptors (Lipinski definition) is 5. The molecule has 0 radical (unpaired) electrons. The maximum absolute atomic E-state index is 11.6. The van der Waals surface area contributed by atoms with Crippen LogP contribution in [-0.4, -0.2) is 19.6 Å². The quantitative estimate of drug-likeness (QED) is 0.523. The van der Waals surface area contributed by atoms with Crippen LogP contribution in [0.15, 0.2) is 47.4 Å². The van der Waals surface area contributed by atoms with Crippen LogP contribution in [0.2, 0.25) is 0 Å². The lowest BCUT2D eigenvalue weighted by Gasteiger charge is -2.09. The molecule has 0 fully saturated rings. The fourth-order valence-electron chi connectivity index (χ4n) is 2.01. The summed E-state index contributed by atoms with van der Waals surface area (Å²) < 4.78 is 23.2. The van der Waals surface area contributed by atoms with Gasteiger partial charge in [0.05, 0.1) is 20.9 Å². The Morgan fingerprint density at radius 1 is 1.05 bits per heavy atom. The largest absolute Gasteiger partial charge is 0.298 e. The average Bonchev–Trinajstić information content (AvgIpc) is 2.45. The van der Waals surface area contributed by atoms with Crippen molar-refractivity contribution in [2.24, 2.45) is 5.14 Å². The van der Waals surface area contributed by atoms with Crippen LogP contribution >= 0.6 is 0 Å². The van der Waals surface area contributed by atoms with Crippen LogP contribution in [0, 0.1) is 10.1 Å². The third-order valence-corrected chi connectivity index (χ3v) is 3.83. The molecule has 2 aromatic rings. The van der Waals surface area contributed by atoms with Gasteiger partial charge in [0.15, 0.2) is 6.29 Å². The van der Waals surface area contributed by atoms with Crippen LogP contribution in [0.4, 0.5) is 5.69 Å². The molecule has 0 aliphatic rings. The third kappa shape index (κ3) is 2.81. The van der Waals surface area contributed by atoms with Gasteiger partial charge < -0.3 is 0 Å². The molecule has 0 aromatic heterocycles. The van der Waals surface area contributed by atoms with Crippen molar-refractivity contribution < 1.29 is 18.1 Å². The number of carbonyl (C=O) groups excluding carboxylic acids is 1. The maximum Gasteiger partial charge on any atom is 0.287 e. The monoisotopic (exact) mass is 306 g/mol. The number of aldehydes is 1. The molecule has 21 heavy (non-hydrogen) atoms. The third-order valence-electron chi connectivity index (χ3n) is 2.86. The molecular formula is C13H10N2O5S.